The summed E-state index contributed by atoms with van der Waals surface area (Å²) in [6, 6.07) is 7.11. The summed E-state index contributed by atoms with van der Waals surface area (Å²) in [5.74, 6) is 0.713. The largest absolute Gasteiger partial charge is 0.479 e. The number of fused-ring (bicyclic) bond motifs is 1. The molecule has 0 spiro atoms. The maximum absolute atomic E-state index is 11.4. The van der Waals surface area contributed by atoms with Gasteiger partial charge in [-0.3, -0.25) is 0 Å². The zero-order valence-corrected chi connectivity index (χ0v) is 13.4. The molecule has 1 aromatic carbocycles. The molecular formula is C16H19BrO3. The van der Waals surface area contributed by atoms with Crippen molar-refractivity contribution in [2.24, 2.45) is 0 Å². The van der Waals surface area contributed by atoms with Gasteiger partial charge in [0.25, 0.3) is 0 Å². The number of unbranched alkanes of at least 4 members (excludes halogenated alkanes) is 2. The molecule has 0 saturated heterocycles. The number of rotatable bonds is 6. The van der Waals surface area contributed by atoms with Crippen molar-refractivity contribution < 1.29 is 9.15 Å². The monoisotopic (exact) mass is 338 g/mol. The van der Waals surface area contributed by atoms with Gasteiger partial charge in [0.1, 0.15) is 11.3 Å². The average Bonchev–Trinajstić information content (AvgIpc) is 2.38. The molecule has 0 aliphatic carbocycles. The van der Waals surface area contributed by atoms with Gasteiger partial charge in [-0.2, -0.15) is 0 Å². The summed E-state index contributed by atoms with van der Waals surface area (Å²) in [4.78, 5) is 11.4. The van der Waals surface area contributed by atoms with Crippen LogP contribution in [0.4, 0.5) is 0 Å². The lowest BCUT2D eigenvalue weighted by molar-refractivity contribution is 0.278. The van der Waals surface area contributed by atoms with E-state index in [-0.39, 0.29) is 10.6 Å². The molecule has 0 radical (unpaired) electrons. The summed E-state index contributed by atoms with van der Waals surface area (Å²) < 4.78 is 11.0. The Kier molecular flexibility index (Phi) is 5.24. The second kappa shape index (κ2) is 6.93. The molecule has 1 atom stereocenters. The highest BCUT2D eigenvalue weighted by Crippen LogP contribution is 2.25. The number of alkyl halides is 1. The van der Waals surface area contributed by atoms with E-state index < -0.39 is 0 Å². The first kappa shape index (κ1) is 15.1. The highest BCUT2D eigenvalue weighted by Gasteiger charge is 2.08. The number of hydrogen-bond donors (Lipinski definition) is 0. The molecule has 0 amide bonds. The molecule has 1 aromatic heterocycles. The molecule has 1 unspecified atom stereocenters. The van der Waals surface area contributed by atoms with Crippen LogP contribution in [-0.4, -0.2) is 5.01 Å². The van der Waals surface area contributed by atoms with Crippen LogP contribution in [0.25, 0.3) is 11.0 Å². The summed E-state index contributed by atoms with van der Waals surface area (Å²) in [6.45, 7) is 4.08. The van der Waals surface area contributed by atoms with Crippen LogP contribution in [0.5, 0.6) is 5.75 Å². The summed E-state index contributed by atoms with van der Waals surface area (Å²) in [7, 11) is 0. The van der Waals surface area contributed by atoms with Crippen molar-refractivity contribution in [2.75, 3.05) is 0 Å². The fourth-order valence-electron chi connectivity index (χ4n) is 2.14. The lowest BCUT2D eigenvalue weighted by Gasteiger charge is -2.13. The zero-order chi connectivity index (χ0) is 14.5. The lowest BCUT2D eigenvalue weighted by atomic mass is 10.1. The molecule has 0 N–H and O–H groups in total. The molecular weight excluding hydrogens is 320 g/mol. The van der Waals surface area contributed by atoms with Gasteiger partial charge >= 0.3 is 5.63 Å². The Balaban J connectivity index is 2.13. The first-order valence-electron chi connectivity index (χ1n) is 6.95. The molecule has 2 rings (SSSR count). The van der Waals surface area contributed by atoms with Gasteiger partial charge in [0.15, 0.2) is 5.01 Å². The first-order chi connectivity index (χ1) is 9.60. The van der Waals surface area contributed by atoms with Gasteiger partial charge in [-0.1, -0.05) is 19.8 Å². The number of hydrogen-bond acceptors (Lipinski definition) is 3. The van der Waals surface area contributed by atoms with Crippen molar-refractivity contribution in [1.82, 2.24) is 0 Å². The van der Waals surface area contributed by atoms with E-state index in [1.54, 1.807) is 6.07 Å². The first-order valence-corrected chi connectivity index (χ1v) is 7.87. The van der Waals surface area contributed by atoms with E-state index in [9.17, 15) is 4.79 Å². The third kappa shape index (κ3) is 3.85. The van der Waals surface area contributed by atoms with Gasteiger partial charge in [0, 0.05) is 17.5 Å². The molecule has 4 heteroatoms. The van der Waals surface area contributed by atoms with Gasteiger partial charge in [-0.05, 0) is 53.4 Å². The normalized spacial score (nSPS) is 12.6. The minimum Gasteiger partial charge on any atom is -0.479 e. The Labute approximate surface area is 127 Å². The van der Waals surface area contributed by atoms with Gasteiger partial charge in [-0.25, -0.2) is 4.79 Å². The predicted octanol–water partition coefficient (Wildman–Crippen LogP) is 4.78. The minimum atomic E-state index is -0.328. The highest BCUT2D eigenvalue weighted by molar-refractivity contribution is 9.09. The van der Waals surface area contributed by atoms with Crippen molar-refractivity contribution in [1.29, 1.82) is 0 Å². The molecule has 0 bridgehead atoms. The van der Waals surface area contributed by atoms with Crippen LogP contribution in [-0.2, 0) is 0 Å². The average molecular weight is 339 g/mol. The summed E-state index contributed by atoms with van der Waals surface area (Å²) >= 11 is 3.52. The topological polar surface area (TPSA) is 39.4 Å². The maximum atomic E-state index is 11.4. The van der Waals surface area contributed by atoms with Gasteiger partial charge in [0.2, 0.25) is 0 Å². The SMILES string of the molecule is CCCCCC(Br)Oc1ccc2c(C)cc(=O)oc2c1. The van der Waals surface area contributed by atoms with E-state index in [0.29, 0.717) is 11.3 Å². The van der Waals surface area contributed by atoms with Crippen LogP contribution >= 0.6 is 15.9 Å². The Hall–Kier alpha value is -1.29. The zero-order valence-electron chi connectivity index (χ0n) is 11.8. The second-order valence-corrected chi connectivity index (χ2v) is 5.95. The Morgan fingerprint density at radius 2 is 2.10 bits per heavy atom. The molecule has 0 aliphatic rings. The van der Waals surface area contributed by atoms with E-state index in [1.165, 1.54) is 18.9 Å². The number of aryl methyl sites for hydroxylation is 1. The molecule has 0 fully saturated rings. The summed E-state index contributed by atoms with van der Waals surface area (Å²) in [6.07, 6.45) is 4.50. The van der Waals surface area contributed by atoms with Crippen LogP contribution in [0.1, 0.15) is 38.2 Å². The van der Waals surface area contributed by atoms with Crippen LogP contribution in [0.3, 0.4) is 0 Å². The number of benzene rings is 1. The molecule has 108 valence electrons. The number of ether oxygens (including phenoxy) is 1. The Morgan fingerprint density at radius 3 is 2.85 bits per heavy atom. The van der Waals surface area contributed by atoms with Crippen LogP contribution in [0.15, 0.2) is 33.5 Å². The van der Waals surface area contributed by atoms with Crippen LogP contribution in [0.2, 0.25) is 0 Å². The van der Waals surface area contributed by atoms with E-state index in [0.717, 1.165) is 23.8 Å². The van der Waals surface area contributed by atoms with E-state index in [4.69, 9.17) is 9.15 Å². The van der Waals surface area contributed by atoms with Crippen molar-refractivity contribution >= 4 is 26.9 Å². The lowest BCUT2D eigenvalue weighted by Crippen LogP contribution is -2.08. The standard InChI is InChI=1S/C16H19BrO3/c1-3-4-5-6-15(17)19-12-7-8-13-11(2)9-16(18)20-14(13)10-12/h7-10,15H,3-6H2,1-2H3. The smallest absolute Gasteiger partial charge is 0.336 e. The Morgan fingerprint density at radius 1 is 1.30 bits per heavy atom. The van der Waals surface area contributed by atoms with Crippen molar-refractivity contribution in [3.63, 3.8) is 0 Å². The third-order valence-corrected chi connectivity index (χ3v) is 3.87. The maximum Gasteiger partial charge on any atom is 0.336 e. The van der Waals surface area contributed by atoms with Crippen molar-refractivity contribution in [3.8, 4) is 5.75 Å². The molecule has 20 heavy (non-hydrogen) atoms. The highest BCUT2D eigenvalue weighted by atomic mass is 79.9. The third-order valence-electron chi connectivity index (χ3n) is 3.22. The minimum absolute atomic E-state index is 0.0111. The van der Waals surface area contributed by atoms with E-state index >= 15 is 0 Å². The molecule has 3 nitrogen and oxygen atoms in total. The fraction of sp³-hybridized carbons (Fsp3) is 0.438. The van der Waals surface area contributed by atoms with Gasteiger partial charge < -0.3 is 9.15 Å². The quantitative estimate of drug-likeness (QED) is 0.432. The molecule has 1 heterocycles. The fourth-order valence-corrected chi connectivity index (χ4v) is 2.68. The van der Waals surface area contributed by atoms with E-state index in [2.05, 4.69) is 22.9 Å². The second-order valence-electron chi connectivity index (χ2n) is 4.93. The van der Waals surface area contributed by atoms with E-state index in [1.807, 2.05) is 19.1 Å². The Bertz CT molecular complexity index is 633. The van der Waals surface area contributed by atoms with Crippen LogP contribution in [0, 0.1) is 6.92 Å². The van der Waals surface area contributed by atoms with Crippen molar-refractivity contribution in [3.05, 3.63) is 40.2 Å². The number of halogens is 1. The predicted molar refractivity (Wildman–Crippen MR) is 84.7 cm³/mol. The van der Waals surface area contributed by atoms with Crippen LogP contribution < -0.4 is 10.4 Å². The summed E-state index contributed by atoms with van der Waals surface area (Å²) in [5, 5.41) is 0.928. The van der Waals surface area contributed by atoms with Gasteiger partial charge in [-0.15, -0.1) is 0 Å². The molecule has 0 aliphatic heterocycles. The van der Waals surface area contributed by atoms with Crippen molar-refractivity contribution in [2.45, 2.75) is 44.5 Å². The molecule has 2 aromatic rings. The summed E-state index contributed by atoms with van der Waals surface area (Å²) in [5.41, 5.74) is 1.16. The van der Waals surface area contributed by atoms with Gasteiger partial charge in [0.05, 0.1) is 0 Å². The molecule has 0 saturated carbocycles.